The van der Waals surface area contributed by atoms with Crippen LogP contribution in [0.25, 0.3) is 0 Å². The third-order valence-corrected chi connectivity index (χ3v) is 2.83. The van der Waals surface area contributed by atoms with Crippen LogP contribution in [0.5, 0.6) is 5.75 Å². The summed E-state index contributed by atoms with van der Waals surface area (Å²) in [4.78, 5) is 11.9. The molecule has 1 amide bonds. The summed E-state index contributed by atoms with van der Waals surface area (Å²) in [7, 11) is 0. The van der Waals surface area contributed by atoms with Gasteiger partial charge in [-0.15, -0.1) is 0 Å². The van der Waals surface area contributed by atoms with Crippen LogP contribution in [0.2, 0.25) is 0 Å². The number of benzene rings is 1. The van der Waals surface area contributed by atoms with E-state index in [1.165, 1.54) is 0 Å². The lowest BCUT2D eigenvalue weighted by atomic mass is 10.0. The smallest absolute Gasteiger partial charge is 0.226 e. The topological polar surface area (TPSA) is 50.4 Å². The second-order valence-electron chi connectivity index (χ2n) is 5.26. The number of hydrogen-bond acceptors (Lipinski definition) is 3. The third-order valence-electron chi connectivity index (χ3n) is 2.83. The predicted molar refractivity (Wildman–Crippen MR) is 73.2 cm³/mol. The Morgan fingerprint density at radius 3 is 2.89 bits per heavy atom. The van der Waals surface area contributed by atoms with Crippen molar-refractivity contribution in [3.8, 4) is 5.75 Å². The molecule has 0 aliphatic carbocycles. The lowest BCUT2D eigenvalue weighted by Gasteiger charge is -2.24. The summed E-state index contributed by atoms with van der Waals surface area (Å²) in [6.07, 6.45) is 1.38. The molecular formula is C14H20N2O2. The fraction of sp³-hybridized carbons (Fsp3) is 0.500. The molecule has 1 aliphatic rings. The fourth-order valence-electron chi connectivity index (χ4n) is 2.09. The van der Waals surface area contributed by atoms with E-state index in [1.807, 2.05) is 32.0 Å². The van der Waals surface area contributed by atoms with E-state index in [0.717, 1.165) is 23.5 Å². The van der Waals surface area contributed by atoms with Crippen LogP contribution in [0.15, 0.2) is 18.2 Å². The van der Waals surface area contributed by atoms with Crippen molar-refractivity contribution in [1.82, 2.24) is 0 Å². The van der Waals surface area contributed by atoms with Gasteiger partial charge in [0, 0.05) is 12.0 Å². The van der Waals surface area contributed by atoms with Gasteiger partial charge in [0.2, 0.25) is 5.91 Å². The first-order valence-electron chi connectivity index (χ1n) is 6.36. The highest BCUT2D eigenvalue weighted by Gasteiger charge is 2.28. The Hall–Kier alpha value is -1.71. The van der Waals surface area contributed by atoms with Crippen LogP contribution in [0.1, 0.15) is 33.6 Å². The molecule has 1 aromatic rings. The van der Waals surface area contributed by atoms with Crippen molar-refractivity contribution in [2.24, 2.45) is 0 Å². The van der Waals surface area contributed by atoms with E-state index in [9.17, 15) is 4.79 Å². The first kappa shape index (κ1) is 12.7. The fourth-order valence-corrected chi connectivity index (χ4v) is 2.09. The van der Waals surface area contributed by atoms with Crippen molar-refractivity contribution in [3.63, 3.8) is 0 Å². The number of fused-ring (bicyclic) bond motifs is 1. The molecule has 98 valence electrons. The first-order chi connectivity index (χ1) is 8.52. The molecular weight excluding hydrogens is 228 g/mol. The molecule has 0 saturated heterocycles. The molecule has 0 atom stereocenters. The number of ether oxygens (including phenoxy) is 1. The number of carbonyl (C=O) groups excluding carboxylic acids is 1. The summed E-state index contributed by atoms with van der Waals surface area (Å²) >= 11 is 0. The molecule has 0 spiro atoms. The second-order valence-corrected chi connectivity index (χ2v) is 5.26. The van der Waals surface area contributed by atoms with Crippen LogP contribution >= 0.6 is 0 Å². The van der Waals surface area contributed by atoms with E-state index in [0.29, 0.717) is 13.0 Å². The summed E-state index contributed by atoms with van der Waals surface area (Å²) in [6.45, 7) is 6.74. The standard InChI is InChI=1S/C14H20N2O2/c1-4-8-18-11-7-5-6-10-13(11)15-12(17)9-14(2,3)16-10/h5-7,16H,4,8-9H2,1-3H3,(H,15,17). The highest BCUT2D eigenvalue weighted by molar-refractivity contribution is 5.98. The monoisotopic (exact) mass is 248 g/mol. The predicted octanol–water partition coefficient (Wildman–Crippen LogP) is 3.01. The number of nitrogens with one attached hydrogen (secondary N) is 2. The molecule has 0 aromatic heterocycles. The Kier molecular flexibility index (Phi) is 3.45. The quantitative estimate of drug-likeness (QED) is 0.864. The minimum Gasteiger partial charge on any atom is -0.491 e. The van der Waals surface area contributed by atoms with E-state index in [1.54, 1.807) is 0 Å². The minimum absolute atomic E-state index is 0.0128. The molecule has 4 nitrogen and oxygen atoms in total. The van der Waals surface area contributed by atoms with Crippen LogP contribution in [0.4, 0.5) is 11.4 Å². The second kappa shape index (κ2) is 4.88. The van der Waals surface area contributed by atoms with Gasteiger partial charge in [-0.05, 0) is 32.4 Å². The van der Waals surface area contributed by atoms with Gasteiger partial charge in [0.1, 0.15) is 11.4 Å². The van der Waals surface area contributed by atoms with Gasteiger partial charge in [-0.2, -0.15) is 0 Å². The molecule has 4 heteroatoms. The molecule has 1 aliphatic heterocycles. The van der Waals surface area contributed by atoms with Crippen molar-refractivity contribution < 1.29 is 9.53 Å². The van der Waals surface area contributed by atoms with Gasteiger partial charge in [-0.25, -0.2) is 0 Å². The molecule has 2 N–H and O–H groups in total. The average molecular weight is 248 g/mol. The van der Waals surface area contributed by atoms with Crippen LogP contribution in [-0.4, -0.2) is 18.1 Å². The SMILES string of the molecule is CCCOc1cccc2c1NC(=O)CC(C)(C)N2. The zero-order valence-corrected chi connectivity index (χ0v) is 11.2. The van der Waals surface area contributed by atoms with Crippen molar-refractivity contribution in [2.45, 2.75) is 39.2 Å². The van der Waals surface area contributed by atoms with Gasteiger partial charge in [0.15, 0.2) is 0 Å². The van der Waals surface area contributed by atoms with Gasteiger partial charge in [-0.1, -0.05) is 13.0 Å². The van der Waals surface area contributed by atoms with Crippen molar-refractivity contribution in [2.75, 3.05) is 17.2 Å². The Balaban J connectivity index is 2.36. The zero-order valence-electron chi connectivity index (χ0n) is 11.2. The average Bonchev–Trinajstić information content (AvgIpc) is 2.39. The minimum atomic E-state index is -0.251. The van der Waals surface area contributed by atoms with Gasteiger partial charge < -0.3 is 15.4 Å². The van der Waals surface area contributed by atoms with Crippen LogP contribution in [0, 0.1) is 0 Å². The molecule has 1 heterocycles. The summed E-state index contributed by atoms with van der Waals surface area (Å²) in [5.41, 5.74) is 1.42. The van der Waals surface area contributed by atoms with E-state index in [4.69, 9.17) is 4.74 Å². The maximum Gasteiger partial charge on any atom is 0.226 e. The van der Waals surface area contributed by atoms with Gasteiger partial charge in [-0.3, -0.25) is 4.79 Å². The Labute approximate surface area is 108 Å². The molecule has 0 unspecified atom stereocenters. The maximum absolute atomic E-state index is 11.9. The Bertz CT molecular complexity index is 455. The van der Waals surface area contributed by atoms with E-state index in [-0.39, 0.29) is 11.4 Å². The molecule has 18 heavy (non-hydrogen) atoms. The summed E-state index contributed by atoms with van der Waals surface area (Å²) in [5.74, 6) is 0.742. The molecule has 0 fully saturated rings. The molecule has 0 saturated carbocycles. The van der Waals surface area contributed by atoms with Crippen molar-refractivity contribution in [1.29, 1.82) is 0 Å². The number of carbonyl (C=O) groups is 1. The number of para-hydroxylation sites is 1. The van der Waals surface area contributed by atoms with Gasteiger partial charge >= 0.3 is 0 Å². The number of amides is 1. The van der Waals surface area contributed by atoms with Crippen LogP contribution in [-0.2, 0) is 4.79 Å². The number of hydrogen-bond donors (Lipinski definition) is 2. The van der Waals surface area contributed by atoms with Crippen LogP contribution in [0.3, 0.4) is 0 Å². The Morgan fingerprint density at radius 1 is 1.39 bits per heavy atom. The van der Waals surface area contributed by atoms with Crippen molar-refractivity contribution in [3.05, 3.63) is 18.2 Å². The molecule has 2 rings (SSSR count). The van der Waals surface area contributed by atoms with E-state index in [2.05, 4.69) is 17.6 Å². The van der Waals surface area contributed by atoms with Crippen LogP contribution < -0.4 is 15.4 Å². The molecule has 0 radical (unpaired) electrons. The number of anilines is 2. The lowest BCUT2D eigenvalue weighted by molar-refractivity contribution is -0.116. The summed E-state index contributed by atoms with van der Waals surface area (Å²) in [6, 6.07) is 5.78. The summed E-state index contributed by atoms with van der Waals surface area (Å²) in [5, 5.41) is 6.31. The van der Waals surface area contributed by atoms with Crippen molar-refractivity contribution >= 4 is 17.3 Å². The Morgan fingerprint density at radius 2 is 2.17 bits per heavy atom. The van der Waals surface area contributed by atoms with Gasteiger partial charge in [0.25, 0.3) is 0 Å². The molecule has 0 bridgehead atoms. The summed E-state index contributed by atoms with van der Waals surface area (Å²) < 4.78 is 5.67. The largest absolute Gasteiger partial charge is 0.491 e. The highest BCUT2D eigenvalue weighted by atomic mass is 16.5. The number of rotatable bonds is 3. The maximum atomic E-state index is 11.9. The highest BCUT2D eigenvalue weighted by Crippen LogP contribution is 2.37. The zero-order chi connectivity index (χ0) is 13.2. The normalized spacial score (nSPS) is 17.2. The van der Waals surface area contributed by atoms with E-state index < -0.39 is 0 Å². The molecule has 1 aromatic carbocycles. The third kappa shape index (κ3) is 2.75. The van der Waals surface area contributed by atoms with Gasteiger partial charge in [0.05, 0.1) is 12.3 Å². The van der Waals surface area contributed by atoms with E-state index >= 15 is 0 Å². The first-order valence-corrected chi connectivity index (χ1v) is 6.36. The lowest BCUT2D eigenvalue weighted by Crippen LogP contribution is -2.32.